The molecular formula is C31H22ClNO3. The third-order valence-electron chi connectivity index (χ3n) is 6.05. The minimum Gasteiger partial charge on any atom is -0.497 e. The van der Waals surface area contributed by atoms with E-state index < -0.39 is 5.56 Å². The molecule has 4 nitrogen and oxygen atoms in total. The summed E-state index contributed by atoms with van der Waals surface area (Å²) in [4.78, 5) is 29.2. The number of methoxy groups -OCH3 is 1. The van der Waals surface area contributed by atoms with Gasteiger partial charge in [0.15, 0.2) is 5.78 Å². The van der Waals surface area contributed by atoms with Crippen molar-refractivity contribution in [3.8, 4) is 28.0 Å². The molecule has 0 fully saturated rings. The molecule has 0 bridgehead atoms. The highest BCUT2D eigenvalue weighted by Gasteiger charge is 2.19. The van der Waals surface area contributed by atoms with Crippen LogP contribution < -0.4 is 10.3 Å². The third-order valence-corrected chi connectivity index (χ3v) is 6.28. The van der Waals surface area contributed by atoms with Crippen LogP contribution in [0.5, 0.6) is 5.75 Å². The smallest absolute Gasteiger partial charge is 0.260 e. The predicted molar refractivity (Wildman–Crippen MR) is 147 cm³/mol. The van der Waals surface area contributed by atoms with Gasteiger partial charge in [-0.1, -0.05) is 84.4 Å². The number of nitrogens with one attached hydrogen (secondary N) is 1. The lowest BCUT2D eigenvalue weighted by Gasteiger charge is -2.11. The van der Waals surface area contributed by atoms with E-state index in [1.165, 1.54) is 6.08 Å². The molecule has 176 valence electrons. The Labute approximate surface area is 213 Å². The molecule has 0 aliphatic heterocycles. The van der Waals surface area contributed by atoms with E-state index >= 15 is 0 Å². The molecular weight excluding hydrogens is 470 g/mol. The topological polar surface area (TPSA) is 59.2 Å². The van der Waals surface area contributed by atoms with Crippen LogP contribution in [-0.4, -0.2) is 17.9 Å². The fourth-order valence-electron chi connectivity index (χ4n) is 4.23. The number of hydrogen-bond acceptors (Lipinski definition) is 3. The van der Waals surface area contributed by atoms with Gasteiger partial charge < -0.3 is 9.72 Å². The number of fused-ring (bicyclic) bond motifs is 1. The van der Waals surface area contributed by atoms with Crippen LogP contribution in [0.1, 0.15) is 15.9 Å². The van der Waals surface area contributed by atoms with E-state index in [2.05, 4.69) is 4.98 Å². The van der Waals surface area contributed by atoms with Gasteiger partial charge in [0.25, 0.3) is 5.56 Å². The van der Waals surface area contributed by atoms with Crippen molar-refractivity contribution >= 4 is 34.4 Å². The summed E-state index contributed by atoms with van der Waals surface area (Å²) in [5, 5.41) is 1.24. The normalized spacial score (nSPS) is 11.2. The monoisotopic (exact) mass is 491 g/mol. The molecule has 1 heterocycles. The molecule has 1 N–H and O–H groups in total. The predicted octanol–water partition coefficient (Wildman–Crippen LogP) is 7.42. The SMILES string of the molecule is COc1ccc(-c2ccc(/C=C/C(=O)c3c(-c4ccccc4)c4cc(Cl)ccc4[nH]c3=O)cc2)cc1. The number of carbonyl (C=O) groups excluding carboxylic acids is 1. The Morgan fingerprint density at radius 3 is 2.17 bits per heavy atom. The van der Waals surface area contributed by atoms with E-state index in [1.54, 1.807) is 31.4 Å². The molecule has 0 saturated carbocycles. The quantitative estimate of drug-likeness (QED) is 0.198. The first-order valence-electron chi connectivity index (χ1n) is 11.4. The second-order valence-electron chi connectivity index (χ2n) is 8.31. The van der Waals surface area contributed by atoms with Crippen molar-refractivity contribution in [1.29, 1.82) is 0 Å². The van der Waals surface area contributed by atoms with Gasteiger partial charge in [0.1, 0.15) is 5.75 Å². The Bertz CT molecular complexity index is 1630. The van der Waals surface area contributed by atoms with Crippen LogP contribution in [-0.2, 0) is 0 Å². The summed E-state index contributed by atoms with van der Waals surface area (Å²) in [5.74, 6) is 0.425. The molecule has 36 heavy (non-hydrogen) atoms. The Balaban J connectivity index is 1.50. The number of aromatic amines is 1. The Hall–Kier alpha value is -4.41. The lowest BCUT2D eigenvalue weighted by molar-refractivity contribution is 0.104. The number of pyridine rings is 1. The van der Waals surface area contributed by atoms with Crippen molar-refractivity contribution in [1.82, 2.24) is 4.98 Å². The number of ether oxygens (including phenoxy) is 1. The van der Waals surface area contributed by atoms with E-state index in [4.69, 9.17) is 16.3 Å². The molecule has 0 radical (unpaired) electrons. The Morgan fingerprint density at radius 2 is 1.50 bits per heavy atom. The lowest BCUT2D eigenvalue weighted by Crippen LogP contribution is -2.18. The van der Waals surface area contributed by atoms with Crippen LogP contribution >= 0.6 is 11.6 Å². The molecule has 4 aromatic carbocycles. The summed E-state index contributed by atoms with van der Waals surface area (Å²) >= 11 is 6.27. The summed E-state index contributed by atoms with van der Waals surface area (Å²) in [6.07, 6.45) is 3.16. The largest absolute Gasteiger partial charge is 0.497 e. The highest BCUT2D eigenvalue weighted by Crippen LogP contribution is 2.32. The van der Waals surface area contributed by atoms with Crippen LogP contribution in [0.3, 0.4) is 0 Å². The van der Waals surface area contributed by atoms with Crippen LogP contribution in [0, 0.1) is 0 Å². The molecule has 0 amide bonds. The molecule has 1 aromatic heterocycles. The van der Waals surface area contributed by atoms with Crippen LogP contribution in [0.15, 0.2) is 108 Å². The number of rotatable bonds is 6. The average Bonchev–Trinajstić information content (AvgIpc) is 2.92. The van der Waals surface area contributed by atoms with Gasteiger partial charge in [-0.15, -0.1) is 0 Å². The summed E-state index contributed by atoms with van der Waals surface area (Å²) < 4.78 is 5.22. The minimum absolute atomic E-state index is 0.0852. The van der Waals surface area contributed by atoms with Gasteiger partial charge in [0.2, 0.25) is 0 Å². The van der Waals surface area contributed by atoms with Gasteiger partial charge in [-0.2, -0.15) is 0 Å². The summed E-state index contributed by atoms with van der Waals surface area (Å²) in [6.45, 7) is 0. The zero-order valence-corrected chi connectivity index (χ0v) is 20.3. The number of aromatic nitrogens is 1. The maximum Gasteiger partial charge on any atom is 0.260 e. The molecule has 0 saturated heterocycles. The van der Waals surface area contributed by atoms with Crippen molar-refractivity contribution in [3.05, 3.63) is 130 Å². The Morgan fingerprint density at radius 1 is 0.833 bits per heavy atom. The van der Waals surface area contributed by atoms with Gasteiger partial charge in [-0.3, -0.25) is 9.59 Å². The molecule has 0 unspecified atom stereocenters. The van der Waals surface area contributed by atoms with Crippen molar-refractivity contribution in [2.45, 2.75) is 0 Å². The van der Waals surface area contributed by atoms with Gasteiger partial charge in [-0.25, -0.2) is 0 Å². The summed E-state index contributed by atoms with van der Waals surface area (Å²) in [7, 11) is 1.64. The Kier molecular flexibility index (Phi) is 6.52. The molecule has 0 aliphatic carbocycles. The number of halogens is 1. The third kappa shape index (κ3) is 4.72. The highest BCUT2D eigenvalue weighted by molar-refractivity contribution is 6.31. The summed E-state index contributed by atoms with van der Waals surface area (Å²) in [5.41, 5.74) is 4.58. The fourth-order valence-corrected chi connectivity index (χ4v) is 4.40. The van der Waals surface area contributed by atoms with Gasteiger partial charge in [0, 0.05) is 21.5 Å². The zero-order chi connectivity index (χ0) is 25.1. The number of benzene rings is 4. The number of hydrogen-bond donors (Lipinski definition) is 1. The highest BCUT2D eigenvalue weighted by atomic mass is 35.5. The first-order valence-corrected chi connectivity index (χ1v) is 11.8. The second kappa shape index (κ2) is 10.1. The molecule has 0 aliphatic rings. The standard InChI is InChI=1S/C31H22ClNO3/c1-36-25-15-12-22(13-16-25)21-10-7-20(8-11-21)9-18-28(34)30-29(23-5-3-2-4-6-23)26-19-24(32)14-17-27(26)33-31(30)35/h2-19H,1H3,(H,33,35)/b18-9+. The van der Waals surface area contributed by atoms with Crippen LogP contribution in [0.4, 0.5) is 0 Å². The van der Waals surface area contributed by atoms with E-state index in [0.29, 0.717) is 21.5 Å². The lowest BCUT2D eigenvalue weighted by atomic mass is 9.94. The second-order valence-corrected chi connectivity index (χ2v) is 8.74. The first kappa shape index (κ1) is 23.3. The molecule has 5 heteroatoms. The number of H-pyrrole nitrogens is 1. The first-order chi connectivity index (χ1) is 17.5. The summed E-state index contributed by atoms with van der Waals surface area (Å²) in [6, 6.07) is 30.3. The molecule has 5 rings (SSSR count). The van der Waals surface area contributed by atoms with Crippen molar-refractivity contribution in [2.75, 3.05) is 7.11 Å². The number of carbonyl (C=O) groups is 1. The zero-order valence-electron chi connectivity index (χ0n) is 19.5. The number of allylic oxidation sites excluding steroid dienone is 1. The van der Waals surface area contributed by atoms with Gasteiger partial charge in [0.05, 0.1) is 12.7 Å². The van der Waals surface area contributed by atoms with Crippen LogP contribution in [0.25, 0.3) is 39.2 Å². The molecule has 0 spiro atoms. The maximum absolute atomic E-state index is 13.4. The van der Waals surface area contributed by atoms with Crippen molar-refractivity contribution in [3.63, 3.8) is 0 Å². The molecule has 5 aromatic rings. The van der Waals surface area contributed by atoms with Crippen molar-refractivity contribution in [2.24, 2.45) is 0 Å². The average molecular weight is 492 g/mol. The van der Waals surface area contributed by atoms with Crippen molar-refractivity contribution < 1.29 is 9.53 Å². The van der Waals surface area contributed by atoms with Gasteiger partial charge in [-0.05, 0) is 58.7 Å². The molecule has 0 atom stereocenters. The van der Waals surface area contributed by atoms with Gasteiger partial charge >= 0.3 is 0 Å². The number of ketones is 1. The minimum atomic E-state index is -0.437. The van der Waals surface area contributed by atoms with E-state index in [1.807, 2.05) is 78.9 Å². The van der Waals surface area contributed by atoms with E-state index in [-0.39, 0.29) is 11.3 Å². The van der Waals surface area contributed by atoms with Crippen LogP contribution in [0.2, 0.25) is 5.02 Å². The maximum atomic E-state index is 13.4. The fraction of sp³-hybridized carbons (Fsp3) is 0.0323. The van der Waals surface area contributed by atoms with E-state index in [9.17, 15) is 9.59 Å². The van der Waals surface area contributed by atoms with E-state index in [0.717, 1.165) is 28.0 Å².